The van der Waals surface area contributed by atoms with Gasteiger partial charge in [-0.15, -0.1) is 0 Å². The third kappa shape index (κ3) is 5.03. The quantitative estimate of drug-likeness (QED) is 0.457. The van der Waals surface area contributed by atoms with E-state index >= 15 is 0 Å². The van der Waals surface area contributed by atoms with Crippen LogP contribution in [0.2, 0.25) is 5.02 Å². The lowest BCUT2D eigenvalue weighted by Crippen LogP contribution is -2.19. The molecule has 0 aromatic heterocycles. The highest BCUT2D eigenvalue weighted by Crippen LogP contribution is 2.23. The minimum Gasteiger partial charge on any atom is -0.496 e. The molecule has 1 aromatic rings. The van der Waals surface area contributed by atoms with Crippen LogP contribution in [0.15, 0.2) is 36.6 Å². The van der Waals surface area contributed by atoms with E-state index in [-0.39, 0.29) is 12.3 Å². The Morgan fingerprint density at radius 2 is 2.32 bits per heavy atom. The van der Waals surface area contributed by atoms with Gasteiger partial charge in [0.2, 0.25) is 0 Å². The van der Waals surface area contributed by atoms with E-state index in [1.807, 2.05) is 0 Å². The maximum absolute atomic E-state index is 10.4. The highest BCUT2D eigenvalue weighted by Gasteiger charge is 2.02. The molecule has 1 aromatic carbocycles. The summed E-state index contributed by atoms with van der Waals surface area (Å²) < 4.78 is 5.17. The van der Waals surface area contributed by atoms with Gasteiger partial charge in [0.25, 0.3) is 0 Å². The number of hydrogen-bond donors (Lipinski definition) is 2. The smallest absolute Gasteiger partial charge is 0.353 e. The normalized spacial score (nSPS) is 10.4. The SMILES string of the molecule is C=C(NOCC=Cc1cc(Cl)ccc1OC)C(=O)O. The molecule has 102 valence electrons. The van der Waals surface area contributed by atoms with Crippen molar-refractivity contribution in [3.8, 4) is 5.75 Å². The first-order valence-electron chi connectivity index (χ1n) is 5.34. The number of rotatable bonds is 7. The Bertz CT molecular complexity index is 499. The lowest BCUT2D eigenvalue weighted by Gasteiger charge is -2.05. The molecule has 0 heterocycles. The van der Waals surface area contributed by atoms with Gasteiger partial charge in [-0.05, 0) is 18.2 Å². The van der Waals surface area contributed by atoms with Gasteiger partial charge in [0.1, 0.15) is 11.4 Å². The van der Waals surface area contributed by atoms with Crippen molar-refractivity contribution in [3.05, 3.63) is 47.1 Å². The van der Waals surface area contributed by atoms with Crippen LogP contribution in [0.1, 0.15) is 5.56 Å². The fraction of sp³-hybridized carbons (Fsp3) is 0.154. The van der Waals surface area contributed by atoms with Crippen LogP contribution in [0, 0.1) is 0 Å². The minimum absolute atomic E-state index is 0.169. The van der Waals surface area contributed by atoms with E-state index in [0.717, 1.165) is 5.56 Å². The largest absolute Gasteiger partial charge is 0.496 e. The summed E-state index contributed by atoms with van der Waals surface area (Å²) in [5, 5.41) is 9.12. The highest BCUT2D eigenvalue weighted by atomic mass is 35.5. The Hall–Kier alpha value is -1.98. The summed E-state index contributed by atoms with van der Waals surface area (Å²) in [5.74, 6) is -0.482. The Labute approximate surface area is 116 Å². The van der Waals surface area contributed by atoms with E-state index in [1.165, 1.54) is 0 Å². The van der Waals surface area contributed by atoms with Crippen molar-refractivity contribution in [1.82, 2.24) is 5.48 Å². The van der Waals surface area contributed by atoms with Crippen LogP contribution in [-0.4, -0.2) is 24.8 Å². The molecule has 0 radical (unpaired) electrons. The number of hydrogen-bond acceptors (Lipinski definition) is 4. The maximum atomic E-state index is 10.4. The van der Waals surface area contributed by atoms with Crippen molar-refractivity contribution in [3.63, 3.8) is 0 Å². The second-order valence-corrected chi connectivity index (χ2v) is 3.92. The van der Waals surface area contributed by atoms with Gasteiger partial charge in [-0.25, -0.2) is 4.79 Å². The van der Waals surface area contributed by atoms with Gasteiger partial charge in [-0.1, -0.05) is 30.3 Å². The van der Waals surface area contributed by atoms with E-state index in [9.17, 15) is 4.79 Å². The zero-order valence-electron chi connectivity index (χ0n) is 10.4. The van der Waals surface area contributed by atoms with Gasteiger partial charge in [-0.3, -0.25) is 10.3 Å². The molecule has 0 aliphatic rings. The predicted molar refractivity (Wildman–Crippen MR) is 72.9 cm³/mol. The number of carbonyl (C=O) groups is 1. The van der Waals surface area contributed by atoms with Gasteiger partial charge in [0.05, 0.1) is 13.7 Å². The topological polar surface area (TPSA) is 67.8 Å². The number of ether oxygens (including phenoxy) is 1. The molecule has 0 bridgehead atoms. The Morgan fingerprint density at radius 1 is 1.58 bits per heavy atom. The number of halogens is 1. The Kier molecular flexibility index (Phi) is 5.92. The van der Waals surface area contributed by atoms with Crippen molar-refractivity contribution in [1.29, 1.82) is 0 Å². The summed E-state index contributed by atoms with van der Waals surface area (Å²) in [6, 6.07) is 5.24. The molecule has 0 atom stereocenters. The zero-order chi connectivity index (χ0) is 14.3. The number of carboxylic acids is 1. The van der Waals surface area contributed by atoms with Crippen molar-refractivity contribution in [2.45, 2.75) is 0 Å². The van der Waals surface area contributed by atoms with Crippen molar-refractivity contribution in [2.75, 3.05) is 13.7 Å². The summed E-state index contributed by atoms with van der Waals surface area (Å²) in [6.07, 6.45) is 3.45. The summed E-state index contributed by atoms with van der Waals surface area (Å²) >= 11 is 5.88. The minimum atomic E-state index is -1.17. The molecule has 0 saturated carbocycles. The van der Waals surface area contributed by atoms with Gasteiger partial charge in [0, 0.05) is 10.6 Å². The van der Waals surface area contributed by atoms with Crippen molar-refractivity contribution in [2.24, 2.45) is 0 Å². The number of benzene rings is 1. The zero-order valence-corrected chi connectivity index (χ0v) is 11.1. The molecule has 0 amide bonds. The van der Waals surface area contributed by atoms with Crippen molar-refractivity contribution < 1.29 is 19.5 Å². The summed E-state index contributed by atoms with van der Waals surface area (Å²) in [6.45, 7) is 3.42. The molecular formula is C13H14ClNO4. The number of aliphatic carboxylic acids is 1. The van der Waals surface area contributed by atoms with E-state index in [0.29, 0.717) is 10.8 Å². The molecule has 1 rings (SSSR count). The highest BCUT2D eigenvalue weighted by molar-refractivity contribution is 6.30. The van der Waals surface area contributed by atoms with Gasteiger partial charge < -0.3 is 9.84 Å². The number of methoxy groups -OCH3 is 1. The fourth-order valence-corrected chi connectivity index (χ4v) is 1.41. The van der Waals surface area contributed by atoms with E-state index in [4.69, 9.17) is 26.3 Å². The van der Waals surface area contributed by atoms with E-state index in [1.54, 1.807) is 37.5 Å². The lowest BCUT2D eigenvalue weighted by atomic mass is 10.2. The molecule has 0 aliphatic carbocycles. The predicted octanol–water partition coefficient (Wildman–Crippen LogP) is 2.48. The average Bonchev–Trinajstić information content (AvgIpc) is 2.38. The second kappa shape index (κ2) is 7.45. The molecular weight excluding hydrogens is 270 g/mol. The number of hydroxylamine groups is 1. The molecule has 19 heavy (non-hydrogen) atoms. The third-order valence-corrected chi connectivity index (χ3v) is 2.36. The third-order valence-electron chi connectivity index (χ3n) is 2.12. The molecule has 0 saturated heterocycles. The van der Waals surface area contributed by atoms with Crippen LogP contribution < -0.4 is 10.2 Å². The van der Waals surface area contributed by atoms with Crippen LogP contribution in [0.4, 0.5) is 0 Å². The monoisotopic (exact) mass is 283 g/mol. The fourth-order valence-electron chi connectivity index (χ4n) is 1.23. The van der Waals surface area contributed by atoms with Crippen molar-refractivity contribution >= 4 is 23.6 Å². The first kappa shape index (κ1) is 15.1. The average molecular weight is 284 g/mol. The first-order valence-corrected chi connectivity index (χ1v) is 5.72. The second-order valence-electron chi connectivity index (χ2n) is 3.49. The summed E-state index contributed by atoms with van der Waals surface area (Å²) in [4.78, 5) is 15.3. The lowest BCUT2D eigenvalue weighted by molar-refractivity contribution is -0.134. The molecule has 5 nitrogen and oxygen atoms in total. The Morgan fingerprint density at radius 3 is 2.95 bits per heavy atom. The number of nitrogens with one attached hydrogen (secondary N) is 1. The van der Waals surface area contributed by atoms with Crippen LogP contribution >= 0.6 is 11.6 Å². The Balaban J connectivity index is 2.51. The summed E-state index contributed by atoms with van der Waals surface area (Å²) in [5.41, 5.74) is 2.78. The van der Waals surface area contributed by atoms with Gasteiger partial charge in [-0.2, -0.15) is 0 Å². The van der Waals surface area contributed by atoms with Crippen LogP contribution in [0.5, 0.6) is 5.75 Å². The van der Waals surface area contributed by atoms with Gasteiger partial charge in [0.15, 0.2) is 0 Å². The molecule has 2 N–H and O–H groups in total. The van der Waals surface area contributed by atoms with Crippen LogP contribution in [0.3, 0.4) is 0 Å². The standard InChI is InChI=1S/C13H14ClNO4/c1-9(13(16)17)15-19-7-3-4-10-8-11(14)5-6-12(10)18-2/h3-6,8,15H,1,7H2,2H3,(H,16,17). The van der Waals surface area contributed by atoms with Crippen LogP contribution in [-0.2, 0) is 9.63 Å². The molecule has 6 heteroatoms. The van der Waals surface area contributed by atoms with Gasteiger partial charge >= 0.3 is 5.97 Å². The summed E-state index contributed by atoms with van der Waals surface area (Å²) in [7, 11) is 1.56. The van der Waals surface area contributed by atoms with Crippen LogP contribution in [0.25, 0.3) is 6.08 Å². The molecule has 0 spiro atoms. The van der Waals surface area contributed by atoms with E-state index < -0.39 is 5.97 Å². The maximum Gasteiger partial charge on any atom is 0.353 e. The first-order chi connectivity index (χ1) is 9.04. The number of carboxylic acid groups (broad SMARTS) is 1. The van der Waals surface area contributed by atoms with E-state index in [2.05, 4.69) is 12.1 Å². The molecule has 0 fully saturated rings. The molecule has 0 aliphatic heterocycles. The molecule has 0 unspecified atom stereocenters.